The van der Waals surface area contributed by atoms with E-state index < -0.39 is 0 Å². The van der Waals surface area contributed by atoms with Crippen molar-refractivity contribution in [2.24, 2.45) is 7.05 Å². The number of fused-ring (bicyclic) bond motifs is 1. The first kappa shape index (κ1) is 17.0. The summed E-state index contributed by atoms with van der Waals surface area (Å²) in [5, 5.41) is 9.78. The van der Waals surface area contributed by atoms with Crippen LogP contribution in [0, 0.1) is 11.2 Å². The molecule has 6 heteroatoms. The third-order valence-electron chi connectivity index (χ3n) is 5.02. The van der Waals surface area contributed by atoms with E-state index in [9.17, 15) is 4.39 Å². The van der Waals surface area contributed by atoms with Crippen molar-refractivity contribution in [3.8, 4) is 0 Å². The Labute approximate surface area is 156 Å². The summed E-state index contributed by atoms with van der Waals surface area (Å²) in [6.07, 6.45) is 8.10. The van der Waals surface area contributed by atoms with Crippen LogP contribution in [0.15, 0.2) is 42.9 Å². The minimum Gasteiger partial charge on any atom is -0.357 e. The zero-order valence-corrected chi connectivity index (χ0v) is 15.4. The van der Waals surface area contributed by atoms with E-state index in [-0.39, 0.29) is 5.82 Å². The fourth-order valence-electron chi connectivity index (χ4n) is 3.55. The van der Waals surface area contributed by atoms with Crippen LogP contribution in [0.2, 0.25) is 5.02 Å². The molecule has 1 N–H and O–H groups in total. The number of pyridine rings is 1. The van der Waals surface area contributed by atoms with Crippen molar-refractivity contribution in [2.75, 3.05) is 13.1 Å². The van der Waals surface area contributed by atoms with E-state index in [2.05, 4.69) is 0 Å². The summed E-state index contributed by atoms with van der Waals surface area (Å²) in [6, 6.07) is 7.20. The van der Waals surface area contributed by atoms with Gasteiger partial charge in [0, 0.05) is 46.9 Å². The molecule has 3 heterocycles. The summed E-state index contributed by atoms with van der Waals surface area (Å²) >= 11 is 6.41. The second kappa shape index (κ2) is 6.72. The Morgan fingerprint density at radius 1 is 1.27 bits per heavy atom. The zero-order valence-electron chi connectivity index (χ0n) is 14.7. The molecular formula is C20H21ClFN4+. The van der Waals surface area contributed by atoms with Gasteiger partial charge in [0.25, 0.3) is 0 Å². The fraction of sp³-hybridized carbons (Fsp3) is 0.300. The number of likely N-dealkylation sites (tertiary alicyclic amines) is 1. The lowest BCUT2D eigenvalue weighted by Gasteiger charge is -2.19. The Hall–Kier alpha value is -2.40. The minimum absolute atomic E-state index is 0.355. The molecule has 0 spiro atoms. The molecule has 4 rings (SSSR count). The molecule has 26 heavy (non-hydrogen) atoms. The van der Waals surface area contributed by atoms with Crippen molar-refractivity contribution in [1.82, 2.24) is 9.47 Å². The highest BCUT2D eigenvalue weighted by atomic mass is 35.5. The molecule has 1 aliphatic rings. The molecule has 1 aliphatic heterocycles. The van der Waals surface area contributed by atoms with Crippen LogP contribution in [0.5, 0.6) is 0 Å². The lowest BCUT2D eigenvalue weighted by atomic mass is 10.1. The molecule has 1 fully saturated rings. The maximum absolute atomic E-state index is 14.8. The van der Waals surface area contributed by atoms with Gasteiger partial charge >= 0.3 is 0 Å². The molecule has 0 amide bonds. The molecule has 0 bridgehead atoms. The third-order valence-corrected chi connectivity index (χ3v) is 5.36. The monoisotopic (exact) mass is 371 g/mol. The lowest BCUT2D eigenvalue weighted by Crippen LogP contribution is -2.27. The summed E-state index contributed by atoms with van der Waals surface area (Å²) in [6.45, 7) is 2.06. The van der Waals surface area contributed by atoms with Crippen molar-refractivity contribution in [1.29, 1.82) is 5.41 Å². The average molecular weight is 372 g/mol. The number of nitrogens with zero attached hydrogens (tertiary/aromatic N) is 3. The Kier molecular flexibility index (Phi) is 4.41. The molecule has 0 aliphatic carbocycles. The van der Waals surface area contributed by atoms with Gasteiger partial charge in [-0.15, -0.1) is 0 Å². The maximum atomic E-state index is 14.8. The van der Waals surface area contributed by atoms with Gasteiger partial charge in [-0.1, -0.05) is 11.6 Å². The van der Waals surface area contributed by atoms with Gasteiger partial charge in [-0.2, -0.15) is 0 Å². The predicted octanol–water partition coefficient (Wildman–Crippen LogP) is 3.73. The number of hydrogen-bond donors (Lipinski definition) is 1. The third kappa shape index (κ3) is 3.07. The van der Waals surface area contributed by atoms with Gasteiger partial charge in [-0.3, -0.25) is 5.41 Å². The first-order valence-corrected chi connectivity index (χ1v) is 9.16. The van der Waals surface area contributed by atoms with Gasteiger partial charge in [-0.25, -0.2) is 8.96 Å². The molecule has 0 unspecified atom stereocenters. The predicted molar refractivity (Wildman–Crippen MR) is 101 cm³/mol. The molecule has 0 saturated carbocycles. The smallest absolute Gasteiger partial charge is 0.193 e. The molecule has 0 radical (unpaired) electrons. The fourth-order valence-corrected chi connectivity index (χ4v) is 3.82. The summed E-state index contributed by atoms with van der Waals surface area (Å²) in [7, 11) is 1.96. The van der Waals surface area contributed by atoms with E-state index in [1.54, 1.807) is 6.07 Å². The number of nitrogens with one attached hydrogen (secondary N) is 1. The van der Waals surface area contributed by atoms with Crippen molar-refractivity contribution >= 4 is 28.3 Å². The van der Waals surface area contributed by atoms with Gasteiger partial charge in [-0.05, 0) is 31.0 Å². The van der Waals surface area contributed by atoms with Crippen molar-refractivity contribution in [3.05, 3.63) is 64.8 Å². The van der Waals surface area contributed by atoms with Crippen molar-refractivity contribution in [2.45, 2.75) is 19.4 Å². The number of hydrogen-bond acceptors (Lipinski definition) is 1. The second-order valence-electron chi connectivity index (χ2n) is 6.86. The Morgan fingerprint density at radius 2 is 2.04 bits per heavy atom. The first-order valence-electron chi connectivity index (χ1n) is 8.79. The standard InChI is InChI=1S/C20H21ClFN4/c1-24-8-4-14-5-9-26(19(14)13-24)12-16-17(21)10-15(11-18(16)22)20(23)25-6-2-3-7-25/h4-5,8-11,13,23H,2-3,6-7,12H2,1H3/q+1. The molecule has 134 valence electrons. The number of aryl methyl sites for hydroxylation is 1. The quantitative estimate of drug-likeness (QED) is 0.425. The summed E-state index contributed by atoms with van der Waals surface area (Å²) in [5.41, 5.74) is 2.02. The number of amidine groups is 1. The van der Waals surface area contributed by atoms with E-state index in [4.69, 9.17) is 17.0 Å². The van der Waals surface area contributed by atoms with E-state index in [0.717, 1.165) is 36.8 Å². The number of aromatic nitrogens is 2. The van der Waals surface area contributed by atoms with Crippen LogP contribution in [0.3, 0.4) is 0 Å². The Balaban J connectivity index is 1.66. The molecular weight excluding hydrogens is 351 g/mol. The molecule has 1 saturated heterocycles. The highest BCUT2D eigenvalue weighted by molar-refractivity contribution is 6.31. The van der Waals surface area contributed by atoms with Crippen LogP contribution in [0.25, 0.3) is 10.9 Å². The summed E-state index contributed by atoms with van der Waals surface area (Å²) < 4.78 is 18.8. The number of benzene rings is 1. The minimum atomic E-state index is -0.362. The van der Waals surface area contributed by atoms with Crippen molar-refractivity contribution in [3.63, 3.8) is 0 Å². The summed E-state index contributed by atoms with van der Waals surface area (Å²) in [4.78, 5) is 1.98. The van der Waals surface area contributed by atoms with E-state index in [1.165, 1.54) is 6.07 Å². The number of halogens is 2. The largest absolute Gasteiger partial charge is 0.357 e. The van der Waals surface area contributed by atoms with E-state index in [1.807, 2.05) is 51.8 Å². The maximum Gasteiger partial charge on any atom is 0.193 e. The lowest BCUT2D eigenvalue weighted by molar-refractivity contribution is -0.670. The normalized spacial score (nSPS) is 14.3. The van der Waals surface area contributed by atoms with Crippen LogP contribution < -0.4 is 4.57 Å². The van der Waals surface area contributed by atoms with Gasteiger partial charge in [0.1, 0.15) is 24.2 Å². The van der Waals surface area contributed by atoms with Gasteiger partial charge in [0.05, 0.1) is 6.54 Å². The van der Waals surface area contributed by atoms with Gasteiger partial charge in [0.2, 0.25) is 0 Å². The molecule has 0 atom stereocenters. The Bertz CT molecular complexity index is 966. The van der Waals surface area contributed by atoms with E-state index in [0.29, 0.717) is 28.5 Å². The van der Waals surface area contributed by atoms with Crippen molar-refractivity contribution < 1.29 is 8.96 Å². The topological polar surface area (TPSA) is 35.9 Å². The summed E-state index contributed by atoms with van der Waals surface area (Å²) in [5.74, 6) is -0.00751. The average Bonchev–Trinajstić information content (AvgIpc) is 3.27. The van der Waals surface area contributed by atoms with Crippen LogP contribution in [0.1, 0.15) is 24.0 Å². The highest BCUT2D eigenvalue weighted by Crippen LogP contribution is 2.26. The molecule has 2 aromatic heterocycles. The molecule has 1 aromatic carbocycles. The zero-order chi connectivity index (χ0) is 18.3. The highest BCUT2D eigenvalue weighted by Gasteiger charge is 2.19. The number of rotatable bonds is 3. The van der Waals surface area contributed by atoms with Gasteiger partial charge < -0.3 is 9.47 Å². The van der Waals surface area contributed by atoms with Crippen LogP contribution in [-0.2, 0) is 13.6 Å². The SMILES string of the molecule is C[n+]1ccc2ccn(Cc3c(F)cc(C(=N)N4CCCC4)cc3Cl)c2c1. The van der Waals surface area contributed by atoms with E-state index >= 15 is 0 Å². The molecule has 3 aromatic rings. The second-order valence-corrected chi connectivity index (χ2v) is 7.26. The van der Waals surface area contributed by atoms with Gasteiger partial charge in [0.15, 0.2) is 12.4 Å². The van der Waals surface area contributed by atoms with Crippen LogP contribution in [0.4, 0.5) is 4.39 Å². The Morgan fingerprint density at radius 3 is 2.77 bits per heavy atom. The first-order chi connectivity index (χ1) is 12.5. The van der Waals surface area contributed by atoms with Crippen LogP contribution >= 0.6 is 11.6 Å². The molecule has 4 nitrogen and oxygen atoms in total. The van der Waals surface area contributed by atoms with Crippen LogP contribution in [-0.4, -0.2) is 28.4 Å².